The third kappa shape index (κ3) is 3.04. The van der Waals surface area contributed by atoms with Gasteiger partial charge in [0.05, 0.1) is 11.7 Å². The van der Waals surface area contributed by atoms with Gasteiger partial charge in [-0.2, -0.15) is 0 Å². The van der Waals surface area contributed by atoms with Gasteiger partial charge in [0.15, 0.2) is 0 Å². The molecular formula is C17H23N3O2S. The summed E-state index contributed by atoms with van der Waals surface area (Å²) in [5.74, 6) is 0.0920. The first-order chi connectivity index (χ1) is 11.2. The zero-order valence-electron chi connectivity index (χ0n) is 13.8. The summed E-state index contributed by atoms with van der Waals surface area (Å²) in [6.07, 6.45) is 6.34. The Balaban J connectivity index is 1.86. The highest BCUT2D eigenvalue weighted by molar-refractivity contribution is 7.18. The number of hydrogen-bond donors (Lipinski definition) is 0. The van der Waals surface area contributed by atoms with E-state index in [1.807, 2.05) is 13.8 Å². The van der Waals surface area contributed by atoms with Crippen LogP contribution in [0.25, 0.3) is 10.2 Å². The average molecular weight is 333 g/mol. The van der Waals surface area contributed by atoms with Crippen molar-refractivity contribution in [3.63, 3.8) is 0 Å². The number of nitrogens with zero attached hydrogens (tertiary/aromatic N) is 3. The number of amides is 1. The number of carbonyl (C=O) groups is 1. The molecule has 0 bridgehead atoms. The fourth-order valence-electron chi connectivity index (χ4n) is 3.29. The second kappa shape index (κ2) is 6.83. The van der Waals surface area contributed by atoms with Crippen LogP contribution in [0, 0.1) is 0 Å². The highest BCUT2D eigenvalue weighted by Crippen LogP contribution is 2.33. The average Bonchev–Trinajstić information content (AvgIpc) is 2.94. The highest BCUT2D eigenvalue weighted by atomic mass is 32.1. The lowest BCUT2D eigenvalue weighted by atomic mass is 9.97. The van der Waals surface area contributed by atoms with E-state index in [4.69, 9.17) is 0 Å². The molecule has 1 amide bonds. The molecule has 2 aromatic rings. The molecule has 0 N–H and O–H groups in total. The maximum atomic E-state index is 12.8. The molecule has 5 nitrogen and oxygen atoms in total. The molecular weight excluding hydrogens is 310 g/mol. The largest absolute Gasteiger partial charge is 0.343 e. The van der Waals surface area contributed by atoms with E-state index in [2.05, 4.69) is 4.98 Å². The van der Waals surface area contributed by atoms with Crippen LogP contribution in [-0.2, 0) is 24.2 Å². The summed E-state index contributed by atoms with van der Waals surface area (Å²) < 4.78 is 1.60. The van der Waals surface area contributed by atoms with Gasteiger partial charge in [0.2, 0.25) is 5.91 Å². The Bertz CT molecular complexity index is 774. The van der Waals surface area contributed by atoms with Crippen molar-refractivity contribution < 1.29 is 4.79 Å². The molecule has 23 heavy (non-hydrogen) atoms. The first-order valence-corrected chi connectivity index (χ1v) is 9.24. The van der Waals surface area contributed by atoms with Crippen LogP contribution in [-0.4, -0.2) is 33.4 Å². The van der Waals surface area contributed by atoms with Crippen LogP contribution in [0.3, 0.4) is 0 Å². The summed E-state index contributed by atoms with van der Waals surface area (Å²) in [5.41, 5.74) is 1.22. The van der Waals surface area contributed by atoms with Crippen LogP contribution in [0.15, 0.2) is 11.1 Å². The number of thiophene rings is 1. The van der Waals surface area contributed by atoms with Crippen LogP contribution >= 0.6 is 11.3 Å². The van der Waals surface area contributed by atoms with E-state index in [1.165, 1.54) is 16.9 Å². The quantitative estimate of drug-likeness (QED) is 0.845. The second-order valence-corrected chi connectivity index (χ2v) is 7.03. The fourth-order valence-corrected chi connectivity index (χ4v) is 4.51. The highest BCUT2D eigenvalue weighted by Gasteiger charge is 2.20. The van der Waals surface area contributed by atoms with E-state index in [9.17, 15) is 9.59 Å². The van der Waals surface area contributed by atoms with Crippen LogP contribution in [0.4, 0.5) is 0 Å². The lowest BCUT2D eigenvalue weighted by molar-refractivity contribution is -0.131. The zero-order valence-corrected chi connectivity index (χ0v) is 14.6. The normalized spacial score (nSPS) is 14.0. The Hall–Kier alpha value is -1.69. The Labute approximate surface area is 139 Å². The van der Waals surface area contributed by atoms with Crippen molar-refractivity contribution in [3.05, 3.63) is 27.1 Å². The standard InChI is InChI=1S/C17H23N3O2S/c1-3-19(4-2)14(21)9-10-20-11-18-16-15(17(20)22)12-7-5-6-8-13(12)23-16/h11H,3-10H2,1-2H3. The van der Waals surface area contributed by atoms with Gasteiger partial charge in [0.1, 0.15) is 4.83 Å². The van der Waals surface area contributed by atoms with Crippen LogP contribution in [0.1, 0.15) is 43.6 Å². The molecule has 1 aliphatic rings. The molecule has 6 heteroatoms. The monoisotopic (exact) mass is 333 g/mol. The van der Waals surface area contributed by atoms with Crippen molar-refractivity contribution in [1.82, 2.24) is 14.5 Å². The first-order valence-electron chi connectivity index (χ1n) is 8.43. The van der Waals surface area contributed by atoms with E-state index < -0.39 is 0 Å². The Kier molecular flexibility index (Phi) is 4.80. The summed E-state index contributed by atoms with van der Waals surface area (Å²) in [6.45, 7) is 5.76. The maximum Gasteiger partial charge on any atom is 0.262 e. The predicted molar refractivity (Wildman–Crippen MR) is 93.1 cm³/mol. The van der Waals surface area contributed by atoms with Gasteiger partial charge >= 0.3 is 0 Å². The van der Waals surface area contributed by atoms with Crippen molar-refractivity contribution in [2.45, 2.75) is 52.5 Å². The van der Waals surface area contributed by atoms with Gasteiger partial charge in [-0.3, -0.25) is 14.2 Å². The molecule has 0 aliphatic heterocycles. The molecule has 0 spiro atoms. The first kappa shape index (κ1) is 16.2. The number of hydrogen-bond acceptors (Lipinski definition) is 4. The number of fused-ring (bicyclic) bond motifs is 3. The zero-order chi connectivity index (χ0) is 16.4. The Morgan fingerprint density at radius 1 is 1.30 bits per heavy atom. The van der Waals surface area contributed by atoms with E-state index in [0.29, 0.717) is 26.1 Å². The SMILES string of the molecule is CCN(CC)C(=O)CCn1cnc2sc3c(c2c1=O)CCCC3. The molecule has 2 heterocycles. The summed E-state index contributed by atoms with van der Waals surface area (Å²) in [4.78, 5) is 33.4. The van der Waals surface area contributed by atoms with E-state index in [1.54, 1.807) is 27.1 Å². The number of aromatic nitrogens is 2. The molecule has 0 aromatic carbocycles. The van der Waals surface area contributed by atoms with E-state index >= 15 is 0 Å². The molecule has 0 atom stereocenters. The summed E-state index contributed by atoms with van der Waals surface area (Å²) >= 11 is 1.66. The molecule has 3 rings (SSSR count). The lowest BCUT2D eigenvalue weighted by Crippen LogP contribution is -2.32. The molecule has 0 saturated carbocycles. The molecule has 0 fully saturated rings. The number of carbonyl (C=O) groups excluding carboxylic acids is 1. The number of aryl methyl sites for hydroxylation is 3. The third-order valence-electron chi connectivity index (χ3n) is 4.62. The Morgan fingerprint density at radius 2 is 2.04 bits per heavy atom. The molecule has 124 valence electrons. The summed E-state index contributed by atoms with van der Waals surface area (Å²) in [5, 5.41) is 0.794. The van der Waals surface area contributed by atoms with Crippen molar-refractivity contribution in [1.29, 1.82) is 0 Å². The minimum atomic E-state index is 0.0155. The molecule has 0 radical (unpaired) electrons. The molecule has 1 aliphatic carbocycles. The van der Waals surface area contributed by atoms with Gasteiger partial charge in [-0.05, 0) is 45.1 Å². The molecule has 2 aromatic heterocycles. The lowest BCUT2D eigenvalue weighted by Gasteiger charge is -2.18. The van der Waals surface area contributed by atoms with Crippen molar-refractivity contribution in [3.8, 4) is 0 Å². The molecule has 0 unspecified atom stereocenters. The second-order valence-electron chi connectivity index (χ2n) is 5.95. The van der Waals surface area contributed by atoms with Crippen LogP contribution < -0.4 is 5.56 Å². The van der Waals surface area contributed by atoms with Gasteiger partial charge in [0.25, 0.3) is 5.56 Å². The minimum Gasteiger partial charge on any atom is -0.343 e. The van der Waals surface area contributed by atoms with Gasteiger partial charge < -0.3 is 4.90 Å². The summed E-state index contributed by atoms with van der Waals surface area (Å²) in [6, 6.07) is 0. The van der Waals surface area contributed by atoms with E-state index in [-0.39, 0.29) is 11.5 Å². The maximum absolute atomic E-state index is 12.8. The summed E-state index contributed by atoms with van der Waals surface area (Å²) in [7, 11) is 0. The van der Waals surface area contributed by atoms with E-state index in [0.717, 1.165) is 29.5 Å². The van der Waals surface area contributed by atoms with Crippen LogP contribution in [0.2, 0.25) is 0 Å². The van der Waals surface area contributed by atoms with Gasteiger partial charge in [-0.15, -0.1) is 11.3 Å². The van der Waals surface area contributed by atoms with Crippen molar-refractivity contribution in [2.24, 2.45) is 0 Å². The van der Waals surface area contributed by atoms with Gasteiger partial charge in [-0.25, -0.2) is 4.98 Å². The fraction of sp³-hybridized carbons (Fsp3) is 0.588. The Morgan fingerprint density at radius 3 is 2.78 bits per heavy atom. The topological polar surface area (TPSA) is 55.2 Å². The van der Waals surface area contributed by atoms with Crippen molar-refractivity contribution in [2.75, 3.05) is 13.1 Å². The van der Waals surface area contributed by atoms with Gasteiger partial charge in [-0.1, -0.05) is 0 Å². The van der Waals surface area contributed by atoms with Gasteiger partial charge in [0, 0.05) is 30.9 Å². The minimum absolute atomic E-state index is 0.0155. The van der Waals surface area contributed by atoms with Crippen molar-refractivity contribution >= 4 is 27.5 Å². The third-order valence-corrected chi connectivity index (χ3v) is 5.82. The van der Waals surface area contributed by atoms with Crippen LogP contribution in [0.5, 0.6) is 0 Å². The predicted octanol–water partition coefficient (Wildman–Crippen LogP) is 2.60. The number of rotatable bonds is 5. The molecule has 0 saturated heterocycles. The smallest absolute Gasteiger partial charge is 0.262 e.